The molecule has 2 aromatic heterocycles. The molecule has 0 saturated carbocycles. The van der Waals surface area contributed by atoms with Crippen LogP contribution < -0.4 is 10.1 Å². The van der Waals surface area contributed by atoms with Gasteiger partial charge in [-0.05, 0) is 44.4 Å². The molecule has 0 saturated heterocycles. The SMILES string of the molecule is CCc1cc(-c2cc(NC(C)Cc3ccccc3OC)nc(C)n2)n(C)n1. The molecule has 0 radical (unpaired) electrons. The standard InChI is InChI=1S/C21H27N5O/c1-6-17-12-19(26(4)25-17)18-13-21(24-15(3)23-18)22-14(2)11-16-9-7-8-10-20(16)27-5/h7-10,12-14H,6,11H2,1-5H3,(H,22,23,24). The van der Waals surface area contributed by atoms with E-state index in [4.69, 9.17) is 4.74 Å². The lowest BCUT2D eigenvalue weighted by Crippen LogP contribution is -2.19. The molecule has 1 aromatic carbocycles. The summed E-state index contributed by atoms with van der Waals surface area (Å²) in [5.41, 5.74) is 4.11. The van der Waals surface area contributed by atoms with Gasteiger partial charge in [0.25, 0.3) is 0 Å². The van der Waals surface area contributed by atoms with Crippen LogP contribution in [0.15, 0.2) is 36.4 Å². The van der Waals surface area contributed by atoms with Crippen molar-refractivity contribution in [3.8, 4) is 17.1 Å². The van der Waals surface area contributed by atoms with Crippen molar-refractivity contribution in [3.05, 3.63) is 53.5 Å². The summed E-state index contributed by atoms with van der Waals surface area (Å²) in [6.07, 6.45) is 1.74. The summed E-state index contributed by atoms with van der Waals surface area (Å²) in [5, 5.41) is 8.02. The van der Waals surface area contributed by atoms with Crippen LogP contribution in [0.1, 0.15) is 30.9 Å². The summed E-state index contributed by atoms with van der Waals surface area (Å²) in [5.74, 6) is 2.46. The Morgan fingerprint density at radius 2 is 1.96 bits per heavy atom. The molecule has 6 nitrogen and oxygen atoms in total. The van der Waals surface area contributed by atoms with E-state index in [1.807, 2.05) is 42.9 Å². The number of hydrogen-bond acceptors (Lipinski definition) is 5. The van der Waals surface area contributed by atoms with E-state index in [2.05, 4.69) is 46.4 Å². The van der Waals surface area contributed by atoms with Crippen molar-refractivity contribution in [2.45, 2.75) is 39.7 Å². The molecule has 0 fully saturated rings. The Bertz CT molecular complexity index is 919. The van der Waals surface area contributed by atoms with E-state index < -0.39 is 0 Å². The molecule has 3 rings (SSSR count). The largest absolute Gasteiger partial charge is 0.496 e. The number of anilines is 1. The fourth-order valence-electron chi connectivity index (χ4n) is 3.22. The minimum absolute atomic E-state index is 0.196. The Labute approximate surface area is 160 Å². The number of hydrogen-bond donors (Lipinski definition) is 1. The maximum absolute atomic E-state index is 5.46. The first-order valence-corrected chi connectivity index (χ1v) is 9.27. The van der Waals surface area contributed by atoms with E-state index in [1.165, 1.54) is 5.56 Å². The molecule has 6 heteroatoms. The van der Waals surface area contributed by atoms with Gasteiger partial charge in [0.15, 0.2) is 0 Å². The molecule has 0 aliphatic rings. The third kappa shape index (κ3) is 4.45. The summed E-state index contributed by atoms with van der Waals surface area (Å²) in [7, 11) is 3.65. The van der Waals surface area contributed by atoms with Crippen molar-refractivity contribution >= 4 is 5.82 Å². The van der Waals surface area contributed by atoms with Crippen molar-refractivity contribution in [1.29, 1.82) is 0 Å². The van der Waals surface area contributed by atoms with E-state index in [0.29, 0.717) is 0 Å². The Balaban J connectivity index is 1.80. The lowest BCUT2D eigenvalue weighted by Gasteiger charge is -2.17. The van der Waals surface area contributed by atoms with E-state index in [0.717, 1.165) is 47.3 Å². The average molecular weight is 365 g/mol. The highest BCUT2D eigenvalue weighted by Crippen LogP contribution is 2.23. The normalized spacial score (nSPS) is 12.0. The van der Waals surface area contributed by atoms with Gasteiger partial charge in [-0.1, -0.05) is 25.1 Å². The van der Waals surface area contributed by atoms with Crippen LogP contribution >= 0.6 is 0 Å². The van der Waals surface area contributed by atoms with E-state index in [9.17, 15) is 0 Å². The molecule has 0 spiro atoms. The molecular weight excluding hydrogens is 338 g/mol. The molecule has 0 aliphatic heterocycles. The number of aryl methyl sites for hydroxylation is 3. The smallest absolute Gasteiger partial charge is 0.130 e. The van der Waals surface area contributed by atoms with Crippen molar-refractivity contribution < 1.29 is 4.74 Å². The van der Waals surface area contributed by atoms with Gasteiger partial charge >= 0.3 is 0 Å². The minimum Gasteiger partial charge on any atom is -0.496 e. The molecule has 0 amide bonds. The number of para-hydroxylation sites is 1. The van der Waals surface area contributed by atoms with Crippen molar-refractivity contribution in [2.75, 3.05) is 12.4 Å². The molecule has 1 unspecified atom stereocenters. The van der Waals surface area contributed by atoms with Crippen LogP contribution in [-0.4, -0.2) is 32.9 Å². The maximum Gasteiger partial charge on any atom is 0.130 e. The molecule has 27 heavy (non-hydrogen) atoms. The molecule has 2 heterocycles. The quantitative estimate of drug-likeness (QED) is 0.690. The van der Waals surface area contributed by atoms with Crippen LogP contribution in [0.3, 0.4) is 0 Å². The summed E-state index contributed by atoms with van der Waals surface area (Å²) < 4.78 is 7.33. The van der Waals surface area contributed by atoms with Gasteiger partial charge in [-0.2, -0.15) is 5.10 Å². The highest BCUT2D eigenvalue weighted by molar-refractivity contribution is 5.59. The summed E-state index contributed by atoms with van der Waals surface area (Å²) >= 11 is 0. The Morgan fingerprint density at radius 1 is 1.19 bits per heavy atom. The van der Waals surface area contributed by atoms with E-state index in [1.54, 1.807) is 7.11 Å². The van der Waals surface area contributed by atoms with Crippen molar-refractivity contribution in [3.63, 3.8) is 0 Å². The minimum atomic E-state index is 0.196. The molecule has 1 N–H and O–H groups in total. The van der Waals surface area contributed by atoms with Gasteiger partial charge in [0, 0.05) is 19.2 Å². The van der Waals surface area contributed by atoms with Crippen LogP contribution in [0, 0.1) is 6.92 Å². The lowest BCUT2D eigenvalue weighted by molar-refractivity contribution is 0.409. The monoisotopic (exact) mass is 365 g/mol. The van der Waals surface area contributed by atoms with Crippen LogP contribution in [0.5, 0.6) is 5.75 Å². The van der Waals surface area contributed by atoms with Crippen LogP contribution in [-0.2, 0) is 19.9 Å². The predicted octanol–water partition coefficient (Wildman–Crippen LogP) is 3.80. The number of benzene rings is 1. The molecule has 0 bridgehead atoms. The Hall–Kier alpha value is -2.89. The van der Waals surface area contributed by atoms with Crippen molar-refractivity contribution in [2.24, 2.45) is 7.05 Å². The number of methoxy groups -OCH3 is 1. The second-order valence-electron chi connectivity index (χ2n) is 6.75. The zero-order chi connectivity index (χ0) is 19.4. The number of aromatic nitrogens is 4. The Morgan fingerprint density at radius 3 is 2.67 bits per heavy atom. The lowest BCUT2D eigenvalue weighted by atomic mass is 10.1. The fraction of sp³-hybridized carbons (Fsp3) is 0.381. The summed E-state index contributed by atoms with van der Waals surface area (Å²) in [4.78, 5) is 9.16. The van der Waals surface area contributed by atoms with Crippen LogP contribution in [0.2, 0.25) is 0 Å². The first kappa shape index (κ1) is 18.9. The van der Waals surface area contributed by atoms with Gasteiger partial charge in [0.05, 0.1) is 24.2 Å². The van der Waals surface area contributed by atoms with E-state index in [-0.39, 0.29) is 6.04 Å². The maximum atomic E-state index is 5.46. The fourth-order valence-corrected chi connectivity index (χ4v) is 3.22. The van der Waals surface area contributed by atoms with Gasteiger partial charge in [-0.25, -0.2) is 9.97 Å². The van der Waals surface area contributed by atoms with Crippen LogP contribution in [0.4, 0.5) is 5.82 Å². The van der Waals surface area contributed by atoms with Gasteiger partial charge < -0.3 is 10.1 Å². The highest BCUT2D eigenvalue weighted by Gasteiger charge is 2.13. The molecule has 1 atom stereocenters. The zero-order valence-corrected chi connectivity index (χ0v) is 16.7. The van der Waals surface area contributed by atoms with Gasteiger partial charge in [-0.3, -0.25) is 4.68 Å². The number of ether oxygens (including phenoxy) is 1. The van der Waals surface area contributed by atoms with Crippen LogP contribution in [0.25, 0.3) is 11.4 Å². The third-order valence-electron chi connectivity index (χ3n) is 4.51. The van der Waals surface area contributed by atoms with Crippen molar-refractivity contribution in [1.82, 2.24) is 19.7 Å². The predicted molar refractivity (Wildman–Crippen MR) is 108 cm³/mol. The average Bonchev–Trinajstić information content (AvgIpc) is 3.02. The second-order valence-corrected chi connectivity index (χ2v) is 6.75. The number of nitrogens with one attached hydrogen (secondary N) is 1. The second kappa shape index (κ2) is 8.20. The third-order valence-corrected chi connectivity index (χ3v) is 4.51. The molecule has 0 aliphatic carbocycles. The van der Waals surface area contributed by atoms with E-state index >= 15 is 0 Å². The summed E-state index contributed by atoms with van der Waals surface area (Å²) in [6.45, 7) is 6.16. The Kier molecular flexibility index (Phi) is 5.74. The first-order chi connectivity index (χ1) is 13.0. The first-order valence-electron chi connectivity index (χ1n) is 9.27. The van der Waals surface area contributed by atoms with Gasteiger partial charge in [0.1, 0.15) is 17.4 Å². The highest BCUT2D eigenvalue weighted by atomic mass is 16.5. The number of rotatable bonds is 7. The molecular formula is C21H27N5O. The topological polar surface area (TPSA) is 64.9 Å². The molecule has 3 aromatic rings. The van der Waals surface area contributed by atoms with Gasteiger partial charge in [0.2, 0.25) is 0 Å². The van der Waals surface area contributed by atoms with Gasteiger partial charge in [-0.15, -0.1) is 0 Å². The number of nitrogens with zero attached hydrogens (tertiary/aromatic N) is 4. The molecule has 142 valence electrons. The summed E-state index contributed by atoms with van der Waals surface area (Å²) in [6, 6.07) is 12.4. The zero-order valence-electron chi connectivity index (χ0n) is 16.7.